The lowest BCUT2D eigenvalue weighted by molar-refractivity contribution is -0.122. The number of nitrogens with one attached hydrogen (secondary N) is 2. The second-order valence-corrected chi connectivity index (χ2v) is 5.93. The first-order chi connectivity index (χ1) is 9.16. The van der Waals surface area contributed by atoms with Crippen molar-refractivity contribution in [3.05, 3.63) is 29.3 Å². The molecule has 1 saturated heterocycles. The van der Waals surface area contributed by atoms with Gasteiger partial charge in [0.25, 0.3) is 0 Å². The third kappa shape index (κ3) is 4.30. The predicted molar refractivity (Wildman–Crippen MR) is 82.0 cm³/mol. The first kappa shape index (κ1) is 14.5. The number of rotatable bonds is 5. The van der Waals surface area contributed by atoms with Gasteiger partial charge >= 0.3 is 0 Å². The predicted octanol–water partition coefficient (Wildman–Crippen LogP) is 1.55. The van der Waals surface area contributed by atoms with Crippen molar-refractivity contribution < 1.29 is 4.79 Å². The van der Waals surface area contributed by atoms with Crippen LogP contribution in [-0.2, 0) is 4.79 Å². The summed E-state index contributed by atoms with van der Waals surface area (Å²) < 4.78 is 0. The van der Waals surface area contributed by atoms with E-state index in [1.54, 1.807) is 11.8 Å². The normalized spacial score (nSPS) is 18.3. The lowest BCUT2D eigenvalue weighted by Crippen LogP contribution is -2.44. The van der Waals surface area contributed by atoms with E-state index in [-0.39, 0.29) is 11.9 Å². The average molecular weight is 300 g/mol. The van der Waals surface area contributed by atoms with Crippen LogP contribution in [0.5, 0.6) is 0 Å². The smallest absolute Gasteiger partial charge is 0.238 e. The number of amides is 1. The maximum atomic E-state index is 11.8. The van der Waals surface area contributed by atoms with E-state index in [2.05, 4.69) is 15.5 Å². The van der Waals surface area contributed by atoms with E-state index >= 15 is 0 Å². The van der Waals surface area contributed by atoms with Crippen LogP contribution in [0.3, 0.4) is 0 Å². The minimum atomic E-state index is -0.0363. The lowest BCUT2D eigenvalue weighted by Gasteiger charge is -2.20. The van der Waals surface area contributed by atoms with Crippen LogP contribution < -0.4 is 15.5 Å². The highest BCUT2D eigenvalue weighted by atomic mass is 35.5. The van der Waals surface area contributed by atoms with Crippen molar-refractivity contribution in [3.8, 4) is 0 Å². The van der Waals surface area contributed by atoms with E-state index in [9.17, 15) is 4.79 Å². The number of hydrogen-bond donors (Lipinski definition) is 2. The van der Waals surface area contributed by atoms with Crippen molar-refractivity contribution in [2.45, 2.75) is 6.04 Å². The Morgan fingerprint density at radius 3 is 2.89 bits per heavy atom. The number of anilines is 1. The van der Waals surface area contributed by atoms with Gasteiger partial charge < -0.3 is 10.2 Å². The van der Waals surface area contributed by atoms with Crippen molar-refractivity contribution in [3.63, 3.8) is 0 Å². The van der Waals surface area contributed by atoms with Gasteiger partial charge in [-0.2, -0.15) is 0 Å². The van der Waals surface area contributed by atoms with Crippen LogP contribution in [0.2, 0.25) is 5.02 Å². The minimum absolute atomic E-state index is 0.0363. The molecule has 0 saturated carbocycles. The number of hydrogen-bond acceptors (Lipinski definition) is 4. The fraction of sp³-hybridized carbons (Fsp3) is 0.462. The fourth-order valence-electron chi connectivity index (χ4n) is 1.86. The molecule has 1 aliphatic rings. The molecule has 1 aromatic rings. The van der Waals surface area contributed by atoms with E-state index < -0.39 is 0 Å². The Bertz CT molecular complexity index is 420. The number of carbonyl (C=O) groups is 1. The molecule has 1 aromatic carbocycles. The van der Waals surface area contributed by atoms with E-state index in [1.165, 1.54) is 0 Å². The van der Waals surface area contributed by atoms with Crippen LogP contribution in [-0.4, -0.2) is 43.7 Å². The van der Waals surface area contributed by atoms with Crippen molar-refractivity contribution in [2.75, 3.05) is 36.7 Å². The summed E-state index contributed by atoms with van der Waals surface area (Å²) >= 11 is 7.60. The molecule has 0 bridgehead atoms. The Labute approximate surface area is 122 Å². The molecule has 1 unspecified atom stereocenters. The first-order valence-electron chi connectivity index (χ1n) is 6.22. The molecule has 4 nitrogen and oxygen atoms in total. The Kier molecular flexibility index (Phi) is 5.36. The monoisotopic (exact) mass is 299 g/mol. The van der Waals surface area contributed by atoms with Gasteiger partial charge in [0.1, 0.15) is 0 Å². The zero-order chi connectivity index (χ0) is 13.7. The summed E-state index contributed by atoms with van der Waals surface area (Å²) in [5, 5.41) is 6.84. The van der Waals surface area contributed by atoms with Gasteiger partial charge in [-0.3, -0.25) is 10.1 Å². The molecule has 1 amide bonds. The molecule has 104 valence electrons. The second-order valence-electron chi connectivity index (χ2n) is 4.46. The fourth-order valence-corrected chi connectivity index (χ4v) is 2.93. The van der Waals surface area contributed by atoms with Gasteiger partial charge in [0.15, 0.2) is 0 Å². The second kappa shape index (κ2) is 7.03. The molecule has 0 spiro atoms. The Morgan fingerprint density at radius 2 is 2.26 bits per heavy atom. The maximum absolute atomic E-state index is 11.8. The molecule has 19 heavy (non-hydrogen) atoms. The SMILES string of the molecule is CN(CCNC(=O)C1CSCN1)c1ccc(Cl)cc1. The summed E-state index contributed by atoms with van der Waals surface area (Å²) in [6.45, 7) is 1.41. The Balaban J connectivity index is 1.72. The van der Waals surface area contributed by atoms with Gasteiger partial charge in [-0.05, 0) is 24.3 Å². The van der Waals surface area contributed by atoms with Crippen molar-refractivity contribution in [1.29, 1.82) is 0 Å². The number of benzene rings is 1. The number of thioether (sulfide) groups is 1. The van der Waals surface area contributed by atoms with Gasteiger partial charge in [-0.15, -0.1) is 11.8 Å². The summed E-state index contributed by atoms with van der Waals surface area (Å²) in [4.78, 5) is 13.9. The van der Waals surface area contributed by atoms with Gasteiger partial charge in [0, 0.05) is 42.5 Å². The highest BCUT2D eigenvalue weighted by Crippen LogP contribution is 2.16. The molecule has 2 rings (SSSR count). The van der Waals surface area contributed by atoms with E-state index in [1.807, 2.05) is 31.3 Å². The molecule has 6 heteroatoms. The molecule has 1 aliphatic heterocycles. The molecular formula is C13H18ClN3OS. The largest absolute Gasteiger partial charge is 0.373 e. The summed E-state index contributed by atoms with van der Waals surface area (Å²) in [5.74, 6) is 1.82. The van der Waals surface area contributed by atoms with Crippen LogP contribution in [0.15, 0.2) is 24.3 Å². The first-order valence-corrected chi connectivity index (χ1v) is 7.75. The highest BCUT2D eigenvalue weighted by molar-refractivity contribution is 7.99. The molecule has 1 fully saturated rings. The molecule has 0 radical (unpaired) electrons. The van der Waals surface area contributed by atoms with Gasteiger partial charge in [0.05, 0.1) is 6.04 Å². The number of likely N-dealkylation sites (N-methyl/N-ethyl adjacent to an activating group) is 1. The molecule has 0 aromatic heterocycles. The van der Waals surface area contributed by atoms with Crippen molar-refractivity contribution in [1.82, 2.24) is 10.6 Å². The van der Waals surface area contributed by atoms with Crippen molar-refractivity contribution in [2.24, 2.45) is 0 Å². The Hall–Kier alpha value is -0.910. The van der Waals surface area contributed by atoms with Crippen LogP contribution in [0, 0.1) is 0 Å². The van der Waals surface area contributed by atoms with E-state index in [0.29, 0.717) is 6.54 Å². The lowest BCUT2D eigenvalue weighted by atomic mass is 10.3. The zero-order valence-corrected chi connectivity index (χ0v) is 12.4. The molecular weight excluding hydrogens is 282 g/mol. The summed E-state index contributed by atoms with van der Waals surface area (Å²) in [7, 11) is 2.00. The Morgan fingerprint density at radius 1 is 1.53 bits per heavy atom. The minimum Gasteiger partial charge on any atom is -0.373 e. The third-order valence-electron chi connectivity index (χ3n) is 3.05. The van der Waals surface area contributed by atoms with Gasteiger partial charge in [-0.1, -0.05) is 11.6 Å². The van der Waals surface area contributed by atoms with E-state index in [4.69, 9.17) is 11.6 Å². The van der Waals surface area contributed by atoms with Crippen LogP contribution >= 0.6 is 23.4 Å². The molecule has 2 N–H and O–H groups in total. The van der Waals surface area contributed by atoms with Gasteiger partial charge in [0.2, 0.25) is 5.91 Å². The highest BCUT2D eigenvalue weighted by Gasteiger charge is 2.21. The quantitative estimate of drug-likeness (QED) is 0.866. The topological polar surface area (TPSA) is 44.4 Å². The van der Waals surface area contributed by atoms with Crippen LogP contribution in [0.4, 0.5) is 5.69 Å². The third-order valence-corrected chi connectivity index (χ3v) is 4.24. The number of carbonyl (C=O) groups excluding carboxylic acids is 1. The number of halogens is 1. The van der Waals surface area contributed by atoms with Crippen molar-refractivity contribution >= 4 is 35.0 Å². The van der Waals surface area contributed by atoms with E-state index in [0.717, 1.165) is 28.9 Å². The molecule has 1 atom stereocenters. The zero-order valence-electron chi connectivity index (χ0n) is 10.9. The standard InChI is InChI=1S/C13H18ClN3OS/c1-17(11-4-2-10(14)3-5-11)7-6-15-13(18)12-8-19-9-16-12/h2-5,12,16H,6-9H2,1H3,(H,15,18). The van der Waals surface area contributed by atoms with Gasteiger partial charge in [-0.25, -0.2) is 0 Å². The van der Waals surface area contributed by atoms with Crippen LogP contribution in [0.1, 0.15) is 0 Å². The maximum Gasteiger partial charge on any atom is 0.238 e. The summed E-state index contributed by atoms with van der Waals surface area (Å²) in [6, 6.07) is 7.64. The number of nitrogens with zero attached hydrogens (tertiary/aromatic N) is 1. The summed E-state index contributed by atoms with van der Waals surface area (Å²) in [5.41, 5.74) is 1.09. The molecule has 1 heterocycles. The van der Waals surface area contributed by atoms with Crippen LogP contribution in [0.25, 0.3) is 0 Å². The average Bonchev–Trinajstić information content (AvgIpc) is 2.93. The molecule has 0 aliphatic carbocycles. The summed E-state index contributed by atoms with van der Waals surface area (Å²) in [6.07, 6.45) is 0.